The van der Waals surface area contributed by atoms with E-state index >= 15 is 0 Å². The van der Waals surface area contributed by atoms with Gasteiger partial charge in [0.25, 0.3) is 5.91 Å². The highest BCUT2D eigenvalue weighted by Crippen LogP contribution is 2.31. The van der Waals surface area contributed by atoms with Crippen LogP contribution in [0, 0.1) is 0 Å². The zero-order valence-corrected chi connectivity index (χ0v) is 17.5. The summed E-state index contributed by atoms with van der Waals surface area (Å²) in [4.78, 5) is 23.9. The van der Waals surface area contributed by atoms with E-state index in [1.807, 2.05) is 13.0 Å². The number of alkyl halides is 3. The van der Waals surface area contributed by atoms with Gasteiger partial charge in [-0.2, -0.15) is 13.2 Å². The van der Waals surface area contributed by atoms with Gasteiger partial charge in [-0.3, -0.25) is 9.59 Å². The highest BCUT2D eigenvalue weighted by Gasteiger charge is 2.29. The first-order valence-corrected chi connectivity index (χ1v) is 9.87. The van der Waals surface area contributed by atoms with Crippen LogP contribution in [0.4, 0.5) is 18.9 Å². The summed E-state index contributed by atoms with van der Waals surface area (Å²) >= 11 is 0. The normalized spacial score (nSPS) is 14.0. The molecule has 1 unspecified atom stereocenters. The molecule has 2 N–H and O–H groups in total. The van der Waals surface area contributed by atoms with Gasteiger partial charge in [-0.1, -0.05) is 12.1 Å². The van der Waals surface area contributed by atoms with Crippen LogP contribution in [0.2, 0.25) is 0 Å². The molecule has 10 heteroatoms. The smallest absolute Gasteiger partial charge is 0.422 e. The number of ether oxygens (including phenoxy) is 3. The number of methoxy groups -OCH3 is 1. The van der Waals surface area contributed by atoms with Crippen LogP contribution >= 0.6 is 0 Å². The lowest BCUT2D eigenvalue weighted by atomic mass is 10.1. The first-order chi connectivity index (χ1) is 15.1. The molecule has 1 atom stereocenters. The second kappa shape index (κ2) is 9.80. The van der Waals surface area contributed by atoms with Gasteiger partial charge in [0.05, 0.1) is 18.8 Å². The van der Waals surface area contributed by atoms with Crippen LogP contribution in [0.25, 0.3) is 0 Å². The summed E-state index contributed by atoms with van der Waals surface area (Å²) in [5.41, 5.74) is 2.08. The van der Waals surface area contributed by atoms with E-state index in [2.05, 4.69) is 10.6 Å². The molecule has 7 nitrogen and oxygen atoms in total. The molecule has 2 aromatic rings. The Balaban J connectivity index is 1.55. The van der Waals surface area contributed by atoms with Crippen LogP contribution in [0.1, 0.15) is 30.5 Å². The van der Waals surface area contributed by atoms with Crippen LogP contribution in [-0.4, -0.2) is 38.3 Å². The second-order valence-corrected chi connectivity index (χ2v) is 7.27. The summed E-state index contributed by atoms with van der Waals surface area (Å²) in [5.74, 6) is 0.279. The third-order valence-corrected chi connectivity index (χ3v) is 4.77. The minimum absolute atomic E-state index is 0.0184. The number of rotatable bonds is 8. The van der Waals surface area contributed by atoms with Crippen molar-refractivity contribution in [2.24, 2.45) is 0 Å². The van der Waals surface area contributed by atoms with E-state index in [9.17, 15) is 22.8 Å². The minimum Gasteiger partial charge on any atom is -0.493 e. The van der Waals surface area contributed by atoms with E-state index in [1.165, 1.54) is 13.2 Å². The number of aryl methyl sites for hydroxylation is 1. The quantitative estimate of drug-likeness (QED) is 0.637. The van der Waals surface area contributed by atoms with Gasteiger partial charge in [0.2, 0.25) is 5.91 Å². The van der Waals surface area contributed by atoms with Crippen molar-refractivity contribution < 1.29 is 37.0 Å². The highest BCUT2D eigenvalue weighted by atomic mass is 19.4. The van der Waals surface area contributed by atoms with E-state index in [0.29, 0.717) is 17.9 Å². The predicted molar refractivity (Wildman–Crippen MR) is 110 cm³/mol. The fourth-order valence-electron chi connectivity index (χ4n) is 3.17. The Bertz CT molecular complexity index is 994. The Labute approximate surface area is 182 Å². The molecular formula is C22H23F3N2O5. The summed E-state index contributed by atoms with van der Waals surface area (Å²) in [6.07, 6.45) is -3.92. The topological polar surface area (TPSA) is 85.9 Å². The molecule has 0 aromatic heterocycles. The van der Waals surface area contributed by atoms with Crippen LogP contribution in [0.5, 0.6) is 17.2 Å². The van der Waals surface area contributed by atoms with Gasteiger partial charge < -0.3 is 24.8 Å². The highest BCUT2D eigenvalue weighted by molar-refractivity contribution is 5.95. The largest absolute Gasteiger partial charge is 0.493 e. The van der Waals surface area contributed by atoms with Gasteiger partial charge in [0.15, 0.2) is 24.7 Å². The van der Waals surface area contributed by atoms with Crippen LogP contribution in [0.3, 0.4) is 0 Å². The zero-order chi connectivity index (χ0) is 23.3. The predicted octanol–water partition coefficient (Wildman–Crippen LogP) is 3.78. The number of benzene rings is 2. The molecule has 32 heavy (non-hydrogen) atoms. The zero-order valence-electron chi connectivity index (χ0n) is 17.5. The molecule has 0 radical (unpaired) electrons. The second-order valence-electron chi connectivity index (χ2n) is 7.27. The number of amides is 2. The third kappa shape index (κ3) is 6.29. The van der Waals surface area contributed by atoms with Crippen molar-refractivity contribution in [3.05, 3.63) is 47.5 Å². The van der Waals surface area contributed by atoms with Crippen molar-refractivity contribution in [2.45, 2.75) is 32.0 Å². The molecule has 0 saturated carbocycles. The minimum atomic E-state index is -4.45. The Morgan fingerprint density at radius 2 is 2.00 bits per heavy atom. The summed E-state index contributed by atoms with van der Waals surface area (Å²) in [7, 11) is 1.33. The molecule has 2 amide bonds. The van der Waals surface area contributed by atoms with E-state index in [4.69, 9.17) is 14.2 Å². The summed E-state index contributed by atoms with van der Waals surface area (Å²) in [6.45, 7) is 0.376. The molecule has 0 bridgehead atoms. The maximum atomic E-state index is 12.4. The lowest BCUT2D eigenvalue weighted by Crippen LogP contribution is -2.28. The van der Waals surface area contributed by atoms with E-state index in [1.54, 1.807) is 24.3 Å². The SMILES string of the molecule is COc1cc(CCC(=O)NC(C)c2ccc3c(c2)NC(=O)CO3)ccc1OCC(F)(F)F. The molecule has 3 rings (SSSR count). The van der Waals surface area contributed by atoms with Crippen molar-refractivity contribution >= 4 is 17.5 Å². The Morgan fingerprint density at radius 3 is 2.72 bits per heavy atom. The molecule has 1 heterocycles. The molecule has 0 saturated heterocycles. The lowest BCUT2D eigenvalue weighted by molar-refractivity contribution is -0.153. The Hall–Kier alpha value is -3.43. The van der Waals surface area contributed by atoms with Crippen LogP contribution in [-0.2, 0) is 16.0 Å². The van der Waals surface area contributed by atoms with Gasteiger partial charge in [-0.05, 0) is 48.7 Å². The molecule has 0 fully saturated rings. The monoisotopic (exact) mass is 452 g/mol. The molecule has 0 spiro atoms. The molecule has 1 aliphatic heterocycles. The number of carbonyl (C=O) groups excluding carboxylic acids is 2. The molecule has 0 aliphatic carbocycles. The number of carbonyl (C=O) groups is 2. The third-order valence-electron chi connectivity index (χ3n) is 4.77. The van der Waals surface area contributed by atoms with E-state index in [-0.39, 0.29) is 42.4 Å². The van der Waals surface area contributed by atoms with Gasteiger partial charge in [0, 0.05) is 6.42 Å². The number of nitrogens with one attached hydrogen (secondary N) is 2. The standard InChI is InChI=1S/C22H23F3N2O5/c1-13(15-5-7-17-16(10-15)27-21(29)11-31-17)26-20(28)8-4-14-3-6-18(19(9-14)30-2)32-12-22(23,24)25/h3,5-7,9-10,13H,4,8,11-12H2,1-2H3,(H,26,28)(H,27,29). The number of anilines is 1. The van der Waals surface area contributed by atoms with Crippen molar-refractivity contribution in [2.75, 3.05) is 25.6 Å². The first kappa shape index (κ1) is 23.2. The number of hydrogen-bond donors (Lipinski definition) is 2. The molecule has 1 aliphatic rings. The van der Waals surface area contributed by atoms with Gasteiger partial charge in [-0.25, -0.2) is 0 Å². The van der Waals surface area contributed by atoms with Crippen molar-refractivity contribution in [3.8, 4) is 17.2 Å². The summed E-state index contributed by atoms with van der Waals surface area (Å²) in [5, 5.41) is 5.61. The molecular weight excluding hydrogens is 429 g/mol. The number of halogens is 3. The van der Waals surface area contributed by atoms with Crippen molar-refractivity contribution in [1.82, 2.24) is 5.32 Å². The van der Waals surface area contributed by atoms with Crippen molar-refractivity contribution in [3.63, 3.8) is 0 Å². The lowest BCUT2D eigenvalue weighted by Gasteiger charge is -2.21. The molecule has 172 valence electrons. The summed E-state index contributed by atoms with van der Waals surface area (Å²) < 4.78 is 52.3. The molecule has 2 aromatic carbocycles. The average molecular weight is 452 g/mol. The average Bonchev–Trinajstić information content (AvgIpc) is 2.75. The Morgan fingerprint density at radius 1 is 1.22 bits per heavy atom. The van der Waals surface area contributed by atoms with Gasteiger partial charge in [-0.15, -0.1) is 0 Å². The number of hydrogen-bond acceptors (Lipinski definition) is 5. The van der Waals surface area contributed by atoms with Crippen LogP contribution in [0.15, 0.2) is 36.4 Å². The number of fused-ring (bicyclic) bond motifs is 1. The maximum absolute atomic E-state index is 12.4. The Kier molecular flexibility index (Phi) is 7.12. The van der Waals surface area contributed by atoms with Crippen molar-refractivity contribution in [1.29, 1.82) is 0 Å². The van der Waals surface area contributed by atoms with Crippen LogP contribution < -0.4 is 24.8 Å². The fraction of sp³-hybridized carbons (Fsp3) is 0.364. The summed E-state index contributed by atoms with van der Waals surface area (Å²) in [6, 6.07) is 9.53. The first-order valence-electron chi connectivity index (χ1n) is 9.87. The van der Waals surface area contributed by atoms with E-state index in [0.717, 1.165) is 11.1 Å². The van der Waals surface area contributed by atoms with Gasteiger partial charge >= 0.3 is 6.18 Å². The van der Waals surface area contributed by atoms with E-state index < -0.39 is 12.8 Å². The fourth-order valence-corrected chi connectivity index (χ4v) is 3.17. The van der Waals surface area contributed by atoms with Gasteiger partial charge in [0.1, 0.15) is 5.75 Å². The maximum Gasteiger partial charge on any atom is 0.422 e.